The van der Waals surface area contributed by atoms with Crippen LogP contribution >= 0.6 is 0 Å². The minimum atomic E-state index is -3.09. The third-order valence-corrected chi connectivity index (χ3v) is 5.87. The third kappa shape index (κ3) is 5.70. The van der Waals surface area contributed by atoms with Crippen LogP contribution in [0.5, 0.6) is 0 Å². The largest absolute Gasteiger partial charge is 0.314 e. The van der Waals surface area contributed by atoms with Crippen molar-refractivity contribution in [2.24, 2.45) is 11.3 Å². The Labute approximate surface area is 125 Å². The summed E-state index contributed by atoms with van der Waals surface area (Å²) in [7, 11) is -3.09. The molecule has 0 amide bonds. The molecule has 1 N–H and O–H groups in total. The molecule has 120 valence electrons. The normalized spacial score (nSPS) is 25.9. The molecule has 0 spiro atoms. The lowest BCUT2D eigenvalue weighted by Crippen LogP contribution is -2.50. The molecule has 20 heavy (non-hydrogen) atoms. The smallest absolute Gasteiger partial charge is 0.214 e. The van der Waals surface area contributed by atoms with Crippen LogP contribution in [0, 0.1) is 11.3 Å². The van der Waals surface area contributed by atoms with Gasteiger partial charge in [0.2, 0.25) is 10.0 Å². The molecule has 1 aliphatic rings. The molecule has 1 rings (SSSR count). The van der Waals surface area contributed by atoms with Crippen molar-refractivity contribution >= 4 is 10.0 Å². The maximum Gasteiger partial charge on any atom is 0.214 e. The predicted molar refractivity (Wildman–Crippen MR) is 85.3 cm³/mol. The first-order chi connectivity index (χ1) is 9.15. The van der Waals surface area contributed by atoms with Crippen LogP contribution < -0.4 is 5.32 Å². The zero-order valence-corrected chi connectivity index (χ0v) is 14.6. The third-order valence-electron chi connectivity index (χ3n) is 4.03. The highest BCUT2D eigenvalue weighted by Crippen LogP contribution is 2.24. The van der Waals surface area contributed by atoms with Crippen LogP contribution in [-0.4, -0.2) is 44.2 Å². The Morgan fingerprint density at radius 2 is 1.95 bits per heavy atom. The summed E-state index contributed by atoms with van der Waals surface area (Å²) in [4.78, 5) is 0. The summed E-state index contributed by atoms with van der Waals surface area (Å²) >= 11 is 0. The van der Waals surface area contributed by atoms with Crippen LogP contribution in [0.2, 0.25) is 0 Å². The molecule has 1 aliphatic heterocycles. The average molecular weight is 305 g/mol. The number of hydrogen-bond acceptors (Lipinski definition) is 3. The number of sulfonamides is 1. The molecule has 0 aromatic heterocycles. The quantitative estimate of drug-likeness (QED) is 0.820. The van der Waals surface area contributed by atoms with E-state index in [1.807, 2.05) is 0 Å². The molecular formula is C15H32N2O2S. The van der Waals surface area contributed by atoms with Gasteiger partial charge in [-0.2, -0.15) is 0 Å². The van der Waals surface area contributed by atoms with E-state index >= 15 is 0 Å². The van der Waals surface area contributed by atoms with Crippen LogP contribution in [0.3, 0.4) is 0 Å². The van der Waals surface area contributed by atoms with Crippen LogP contribution in [0.15, 0.2) is 0 Å². The number of nitrogens with one attached hydrogen (secondary N) is 1. The lowest BCUT2D eigenvalue weighted by Gasteiger charge is -2.37. The average Bonchev–Trinajstić information content (AvgIpc) is 2.34. The highest BCUT2D eigenvalue weighted by molar-refractivity contribution is 7.89. The summed E-state index contributed by atoms with van der Waals surface area (Å²) in [5, 5.41) is 3.53. The summed E-state index contributed by atoms with van der Waals surface area (Å²) in [6.45, 7) is 12.9. The van der Waals surface area contributed by atoms with Gasteiger partial charge in [0.25, 0.3) is 0 Å². The van der Waals surface area contributed by atoms with E-state index in [4.69, 9.17) is 0 Å². The molecule has 1 saturated heterocycles. The molecule has 0 radical (unpaired) electrons. The molecule has 0 saturated carbocycles. The molecule has 0 bridgehead atoms. The van der Waals surface area contributed by atoms with E-state index in [0.29, 0.717) is 25.0 Å². The van der Waals surface area contributed by atoms with Gasteiger partial charge in [-0.1, -0.05) is 34.6 Å². The van der Waals surface area contributed by atoms with Crippen molar-refractivity contribution in [2.45, 2.75) is 59.9 Å². The van der Waals surface area contributed by atoms with Crippen LogP contribution in [0.1, 0.15) is 53.9 Å². The molecule has 0 aromatic carbocycles. The number of nitrogens with zero attached hydrogens (tertiary/aromatic N) is 1. The Balaban J connectivity index is 2.53. The van der Waals surface area contributed by atoms with Gasteiger partial charge in [-0.05, 0) is 37.1 Å². The van der Waals surface area contributed by atoms with Gasteiger partial charge in [0, 0.05) is 19.1 Å². The fraction of sp³-hybridized carbons (Fsp3) is 1.00. The summed E-state index contributed by atoms with van der Waals surface area (Å²) in [6, 6.07) is 0.462. The van der Waals surface area contributed by atoms with Crippen molar-refractivity contribution in [1.29, 1.82) is 0 Å². The topological polar surface area (TPSA) is 49.4 Å². The molecule has 2 unspecified atom stereocenters. The van der Waals surface area contributed by atoms with E-state index in [1.165, 1.54) is 0 Å². The van der Waals surface area contributed by atoms with Gasteiger partial charge in [-0.15, -0.1) is 0 Å². The van der Waals surface area contributed by atoms with Crippen LogP contribution in [0.25, 0.3) is 0 Å². The fourth-order valence-corrected chi connectivity index (χ4v) is 4.53. The predicted octanol–water partition coefficient (Wildman–Crippen LogP) is 2.46. The zero-order valence-electron chi connectivity index (χ0n) is 13.8. The van der Waals surface area contributed by atoms with Crippen molar-refractivity contribution in [3.05, 3.63) is 0 Å². The van der Waals surface area contributed by atoms with Crippen LogP contribution in [0.4, 0.5) is 0 Å². The van der Waals surface area contributed by atoms with Gasteiger partial charge < -0.3 is 5.32 Å². The fourth-order valence-electron chi connectivity index (χ4n) is 2.56. The highest BCUT2D eigenvalue weighted by Gasteiger charge is 2.32. The Hall–Kier alpha value is -0.130. The monoisotopic (exact) mass is 304 g/mol. The van der Waals surface area contributed by atoms with Gasteiger partial charge in [0.15, 0.2) is 0 Å². The molecule has 0 aliphatic carbocycles. The number of hydrogen-bond donors (Lipinski definition) is 1. The van der Waals surface area contributed by atoms with Crippen molar-refractivity contribution in [1.82, 2.24) is 9.62 Å². The van der Waals surface area contributed by atoms with E-state index in [9.17, 15) is 8.42 Å². The molecule has 4 nitrogen and oxygen atoms in total. The lowest BCUT2D eigenvalue weighted by molar-refractivity contribution is 0.220. The Morgan fingerprint density at radius 3 is 2.45 bits per heavy atom. The first kappa shape index (κ1) is 17.9. The van der Waals surface area contributed by atoms with Crippen molar-refractivity contribution in [3.63, 3.8) is 0 Å². The SMILES string of the molecule is CCCNC1CCN(S(=O)(=O)CCC(C)(C)C)CC1C. The molecule has 1 fully saturated rings. The number of piperidine rings is 1. The van der Waals surface area contributed by atoms with E-state index in [-0.39, 0.29) is 11.2 Å². The Kier molecular flexibility index (Phi) is 6.48. The highest BCUT2D eigenvalue weighted by atomic mass is 32.2. The first-order valence-electron chi connectivity index (χ1n) is 7.87. The van der Waals surface area contributed by atoms with E-state index in [2.05, 4.69) is 39.9 Å². The second-order valence-corrected chi connectivity index (χ2v) is 9.40. The first-order valence-corrected chi connectivity index (χ1v) is 9.48. The molecule has 1 heterocycles. The molecule has 0 aromatic rings. The van der Waals surface area contributed by atoms with Gasteiger partial charge in [-0.25, -0.2) is 12.7 Å². The van der Waals surface area contributed by atoms with Crippen LogP contribution in [-0.2, 0) is 10.0 Å². The lowest BCUT2D eigenvalue weighted by atomic mass is 9.94. The second kappa shape index (κ2) is 7.23. The standard InChI is InChI=1S/C15H32N2O2S/c1-6-9-16-14-7-10-17(12-13(14)2)20(18,19)11-8-15(3,4)5/h13-14,16H,6-12H2,1-5H3. The van der Waals surface area contributed by atoms with E-state index < -0.39 is 10.0 Å². The summed E-state index contributed by atoms with van der Waals surface area (Å²) in [5.41, 5.74) is 0.0691. The van der Waals surface area contributed by atoms with Gasteiger partial charge in [0.1, 0.15) is 0 Å². The van der Waals surface area contributed by atoms with E-state index in [0.717, 1.165) is 25.8 Å². The molecule has 2 atom stereocenters. The Bertz CT molecular complexity index is 387. The van der Waals surface area contributed by atoms with Gasteiger partial charge in [-0.3, -0.25) is 0 Å². The second-order valence-electron chi connectivity index (χ2n) is 7.31. The van der Waals surface area contributed by atoms with Crippen molar-refractivity contribution < 1.29 is 8.42 Å². The number of rotatable bonds is 6. The molecule has 5 heteroatoms. The van der Waals surface area contributed by atoms with Gasteiger partial charge in [0.05, 0.1) is 5.75 Å². The Morgan fingerprint density at radius 1 is 1.30 bits per heavy atom. The minimum absolute atomic E-state index is 0.0691. The van der Waals surface area contributed by atoms with Crippen molar-refractivity contribution in [3.8, 4) is 0 Å². The maximum atomic E-state index is 12.4. The van der Waals surface area contributed by atoms with E-state index in [1.54, 1.807) is 4.31 Å². The summed E-state index contributed by atoms with van der Waals surface area (Å²) in [6.07, 6.45) is 2.77. The summed E-state index contributed by atoms with van der Waals surface area (Å²) < 4.78 is 26.5. The molecular weight excluding hydrogens is 272 g/mol. The van der Waals surface area contributed by atoms with Gasteiger partial charge >= 0.3 is 0 Å². The minimum Gasteiger partial charge on any atom is -0.314 e. The van der Waals surface area contributed by atoms with Crippen molar-refractivity contribution in [2.75, 3.05) is 25.4 Å². The maximum absolute atomic E-state index is 12.4. The zero-order chi connectivity index (χ0) is 15.4. The summed E-state index contributed by atoms with van der Waals surface area (Å²) in [5.74, 6) is 0.663.